The van der Waals surface area contributed by atoms with Crippen LogP contribution in [-0.2, 0) is 13.1 Å². The number of guanidine groups is 1. The number of nitrogens with one attached hydrogen (secondary N) is 2. The van der Waals surface area contributed by atoms with E-state index in [1.165, 1.54) is 18.4 Å². The van der Waals surface area contributed by atoms with E-state index in [4.69, 9.17) is 4.74 Å². The number of pyridine rings is 1. The van der Waals surface area contributed by atoms with E-state index >= 15 is 0 Å². The highest BCUT2D eigenvalue weighted by Crippen LogP contribution is 2.19. The second kappa shape index (κ2) is 11.4. The molecule has 29 heavy (non-hydrogen) atoms. The van der Waals surface area contributed by atoms with Crippen molar-refractivity contribution in [3.8, 4) is 5.75 Å². The summed E-state index contributed by atoms with van der Waals surface area (Å²) in [7, 11) is 1.71. The van der Waals surface area contributed by atoms with Crippen molar-refractivity contribution in [1.82, 2.24) is 20.5 Å². The molecule has 0 spiro atoms. The zero-order valence-corrected chi connectivity index (χ0v) is 17.6. The van der Waals surface area contributed by atoms with Crippen molar-refractivity contribution < 1.29 is 4.74 Å². The van der Waals surface area contributed by atoms with E-state index in [0.717, 1.165) is 50.1 Å². The Hall–Kier alpha value is -2.60. The number of nitrogens with zero attached hydrogens (tertiary/aromatic N) is 3. The molecule has 2 heterocycles. The molecule has 1 aliphatic heterocycles. The molecule has 1 fully saturated rings. The summed E-state index contributed by atoms with van der Waals surface area (Å²) in [6.07, 6.45) is 4.23. The van der Waals surface area contributed by atoms with Crippen molar-refractivity contribution in [3.05, 3.63) is 59.9 Å². The van der Waals surface area contributed by atoms with Crippen molar-refractivity contribution in [2.75, 3.05) is 33.3 Å². The standard InChI is InChI=1S/C23H33N5O/c1-3-24-23(27-17-21-6-4-5-13-25-21)26-16-19-11-14-28(15-12-19)18-20-7-9-22(29-2)10-8-20/h4-10,13,19H,3,11-12,14-18H2,1-2H3,(H2,24,26,27). The number of hydrogen-bond acceptors (Lipinski definition) is 4. The summed E-state index contributed by atoms with van der Waals surface area (Å²) in [5.74, 6) is 2.47. The van der Waals surface area contributed by atoms with Gasteiger partial charge in [0.25, 0.3) is 0 Å². The average molecular weight is 396 g/mol. The van der Waals surface area contributed by atoms with Crippen LogP contribution in [0.25, 0.3) is 0 Å². The second-order valence-electron chi connectivity index (χ2n) is 7.46. The van der Waals surface area contributed by atoms with E-state index in [-0.39, 0.29) is 0 Å². The van der Waals surface area contributed by atoms with Crippen molar-refractivity contribution >= 4 is 5.96 Å². The maximum atomic E-state index is 5.24. The average Bonchev–Trinajstić information content (AvgIpc) is 2.78. The fourth-order valence-corrected chi connectivity index (χ4v) is 3.57. The van der Waals surface area contributed by atoms with E-state index in [2.05, 4.69) is 44.6 Å². The van der Waals surface area contributed by atoms with Crippen LogP contribution in [0.2, 0.25) is 0 Å². The first kappa shape index (κ1) is 21.1. The minimum Gasteiger partial charge on any atom is -0.497 e. The molecule has 1 aliphatic rings. The van der Waals surface area contributed by atoms with Gasteiger partial charge in [-0.1, -0.05) is 18.2 Å². The number of hydrogen-bond donors (Lipinski definition) is 2. The van der Waals surface area contributed by atoms with Gasteiger partial charge in [-0.25, -0.2) is 4.99 Å². The maximum Gasteiger partial charge on any atom is 0.191 e. The van der Waals surface area contributed by atoms with Gasteiger partial charge in [-0.05, 0) is 68.6 Å². The zero-order chi connectivity index (χ0) is 20.3. The Kier molecular flexibility index (Phi) is 8.31. The lowest BCUT2D eigenvalue weighted by Crippen LogP contribution is -2.42. The van der Waals surface area contributed by atoms with E-state index in [0.29, 0.717) is 12.5 Å². The van der Waals surface area contributed by atoms with Crippen LogP contribution >= 0.6 is 0 Å². The molecule has 6 heteroatoms. The van der Waals surface area contributed by atoms with Gasteiger partial charge < -0.3 is 15.4 Å². The lowest BCUT2D eigenvalue weighted by atomic mass is 9.96. The van der Waals surface area contributed by atoms with Crippen LogP contribution in [0.1, 0.15) is 31.0 Å². The molecule has 0 radical (unpaired) electrons. The summed E-state index contributed by atoms with van der Waals surface area (Å²) in [5.41, 5.74) is 2.33. The first-order valence-corrected chi connectivity index (χ1v) is 10.5. The predicted molar refractivity (Wildman–Crippen MR) is 118 cm³/mol. The molecule has 1 aromatic heterocycles. The number of aliphatic imine (C=N–C) groups is 1. The smallest absolute Gasteiger partial charge is 0.191 e. The molecule has 0 bridgehead atoms. The van der Waals surface area contributed by atoms with Gasteiger partial charge in [-0.3, -0.25) is 9.88 Å². The number of methoxy groups -OCH3 is 1. The summed E-state index contributed by atoms with van der Waals surface area (Å²) in [6.45, 7) is 7.79. The van der Waals surface area contributed by atoms with Gasteiger partial charge >= 0.3 is 0 Å². The number of likely N-dealkylation sites (tertiary alicyclic amines) is 1. The zero-order valence-electron chi connectivity index (χ0n) is 17.6. The fraction of sp³-hybridized carbons (Fsp3) is 0.478. The quantitative estimate of drug-likeness (QED) is 0.531. The Labute approximate surface area is 174 Å². The molecule has 1 aromatic carbocycles. The van der Waals surface area contributed by atoms with Crippen molar-refractivity contribution in [2.24, 2.45) is 10.9 Å². The summed E-state index contributed by atoms with van der Waals surface area (Å²) in [6, 6.07) is 14.3. The van der Waals surface area contributed by atoms with Crippen molar-refractivity contribution in [3.63, 3.8) is 0 Å². The molecule has 2 aromatic rings. The molecule has 156 valence electrons. The fourth-order valence-electron chi connectivity index (χ4n) is 3.57. The Morgan fingerprint density at radius 3 is 2.59 bits per heavy atom. The first-order chi connectivity index (χ1) is 14.3. The van der Waals surface area contributed by atoms with Gasteiger partial charge in [-0.2, -0.15) is 0 Å². The molecule has 3 rings (SSSR count). The SMILES string of the molecule is CCNC(=NCc1ccccn1)NCC1CCN(Cc2ccc(OC)cc2)CC1. The van der Waals surface area contributed by atoms with Crippen LogP contribution in [0.5, 0.6) is 5.75 Å². The number of benzene rings is 1. The molecular formula is C23H33N5O. The van der Waals surface area contributed by atoms with E-state index < -0.39 is 0 Å². The van der Waals surface area contributed by atoms with Gasteiger partial charge in [0.05, 0.1) is 19.3 Å². The molecule has 0 atom stereocenters. The number of piperidine rings is 1. The third-order valence-electron chi connectivity index (χ3n) is 5.30. The number of aromatic nitrogens is 1. The van der Waals surface area contributed by atoms with Crippen LogP contribution < -0.4 is 15.4 Å². The monoisotopic (exact) mass is 395 g/mol. The van der Waals surface area contributed by atoms with Gasteiger partial charge in [-0.15, -0.1) is 0 Å². The van der Waals surface area contributed by atoms with Crippen molar-refractivity contribution in [1.29, 1.82) is 0 Å². The highest BCUT2D eigenvalue weighted by molar-refractivity contribution is 5.79. The lowest BCUT2D eigenvalue weighted by molar-refractivity contribution is 0.178. The molecular weight excluding hydrogens is 362 g/mol. The van der Waals surface area contributed by atoms with E-state index in [1.54, 1.807) is 7.11 Å². The van der Waals surface area contributed by atoms with Crippen LogP contribution in [-0.4, -0.2) is 49.1 Å². The Morgan fingerprint density at radius 2 is 1.93 bits per heavy atom. The summed E-state index contributed by atoms with van der Waals surface area (Å²) in [4.78, 5) is 11.5. The second-order valence-corrected chi connectivity index (χ2v) is 7.46. The minimum absolute atomic E-state index is 0.594. The van der Waals surface area contributed by atoms with Gasteiger partial charge in [0, 0.05) is 25.8 Å². The normalized spacial score (nSPS) is 15.9. The first-order valence-electron chi connectivity index (χ1n) is 10.5. The highest BCUT2D eigenvalue weighted by Gasteiger charge is 2.19. The third kappa shape index (κ3) is 7.06. The summed E-state index contributed by atoms with van der Waals surface area (Å²) >= 11 is 0. The molecule has 2 N–H and O–H groups in total. The highest BCUT2D eigenvalue weighted by atomic mass is 16.5. The molecule has 1 saturated heterocycles. The molecule has 0 saturated carbocycles. The lowest BCUT2D eigenvalue weighted by Gasteiger charge is -2.32. The van der Waals surface area contributed by atoms with Gasteiger partial charge in [0.1, 0.15) is 5.75 Å². The van der Waals surface area contributed by atoms with Crippen LogP contribution in [0.4, 0.5) is 0 Å². The number of ether oxygens (including phenoxy) is 1. The molecule has 6 nitrogen and oxygen atoms in total. The van der Waals surface area contributed by atoms with Gasteiger partial charge in [0.15, 0.2) is 5.96 Å². The Balaban J connectivity index is 1.41. The van der Waals surface area contributed by atoms with Crippen LogP contribution in [0.15, 0.2) is 53.7 Å². The minimum atomic E-state index is 0.594. The van der Waals surface area contributed by atoms with Crippen LogP contribution in [0.3, 0.4) is 0 Å². The maximum absolute atomic E-state index is 5.24. The van der Waals surface area contributed by atoms with Crippen molar-refractivity contribution in [2.45, 2.75) is 32.9 Å². The van der Waals surface area contributed by atoms with Crippen LogP contribution in [0, 0.1) is 5.92 Å². The Morgan fingerprint density at radius 1 is 1.14 bits per heavy atom. The molecule has 0 aliphatic carbocycles. The largest absolute Gasteiger partial charge is 0.497 e. The Bertz CT molecular complexity index is 740. The summed E-state index contributed by atoms with van der Waals surface area (Å²) < 4.78 is 5.24. The number of rotatable bonds is 8. The summed E-state index contributed by atoms with van der Waals surface area (Å²) in [5, 5.41) is 6.85. The predicted octanol–water partition coefficient (Wildman–Crippen LogP) is 3.06. The third-order valence-corrected chi connectivity index (χ3v) is 5.30. The van der Waals surface area contributed by atoms with Gasteiger partial charge in [0.2, 0.25) is 0 Å². The molecule has 0 unspecified atom stereocenters. The van der Waals surface area contributed by atoms with E-state index in [9.17, 15) is 0 Å². The molecule has 0 amide bonds. The van der Waals surface area contributed by atoms with E-state index in [1.807, 2.05) is 36.5 Å². The topological polar surface area (TPSA) is 61.8 Å².